The van der Waals surface area contributed by atoms with Gasteiger partial charge in [0.2, 0.25) is 0 Å². The summed E-state index contributed by atoms with van der Waals surface area (Å²) in [6.45, 7) is 8.11. The number of ether oxygens (including phenoxy) is 1. The van der Waals surface area contributed by atoms with E-state index >= 15 is 0 Å². The van der Waals surface area contributed by atoms with Gasteiger partial charge in [0.1, 0.15) is 6.61 Å². The van der Waals surface area contributed by atoms with Crippen LogP contribution in [0.25, 0.3) is 0 Å². The van der Waals surface area contributed by atoms with Gasteiger partial charge in [-0.2, -0.15) is 0 Å². The Bertz CT molecular complexity index is 421. The van der Waals surface area contributed by atoms with Crippen molar-refractivity contribution in [1.29, 1.82) is 0 Å². The fourth-order valence-electron chi connectivity index (χ4n) is 0.777. The summed E-state index contributed by atoms with van der Waals surface area (Å²) in [5.41, 5.74) is 0.413. The Morgan fingerprint density at radius 1 is 1.14 bits per heavy atom. The number of hydrogen-bond donors (Lipinski definition) is 3. The molecule has 7 heteroatoms. The van der Waals surface area contributed by atoms with Crippen LogP contribution in [-0.2, 0) is 19.1 Å². The second-order valence-electron chi connectivity index (χ2n) is 3.67. The molecule has 118 valence electrons. The summed E-state index contributed by atoms with van der Waals surface area (Å²) in [6.07, 6.45) is 2.86. The molecule has 0 saturated heterocycles. The van der Waals surface area contributed by atoms with Crippen LogP contribution in [0.4, 0.5) is 0 Å². The van der Waals surface area contributed by atoms with E-state index in [1.165, 1.54) is 6.08 Å². The van der Waals surface area contributed by atoms with E-state index in [1.54, 1.807) is 6.92 Å². The Balaban J connectivity index is 0. The van der Waals surface area contributed by atoms with Gasteiger partial charge in [0.05, 0.1) is 6.61 Å². The standard InChI is InChI=1S/C9H12O5.C5H8O2/c1-7(3-2-4-8(11)12)9(13)14-6-5-10;1-3-4(2)5(6)7/h2,4,10H,1,3,5-6H2,(H,11,12);2-3H2,1H3,(H,6,7). The number of carboxylic acids is 2. The van der Waals surface area contributed by atoms with Crippen molar-refractivity contribution in [3.05, 3.63) is 36.5 Å². The molecule has 0 amide bonds. The van der Waals surface area contributed by atoms with Gasteiger partial charge in [0, 0.05) is 17.2 Å². The zero-order valence-corrected chi connectivity index (χ0v) is 11.9. The number of aliphatic carboxylic acids is 2. The number of aliphatic hydroxyl groups excluding tert-OH is 1. The van der Waals surface area contributed by atoms with Gasteiger partial charge in [-0.15, -0.1) is 0 Å². The van der Waals surface area contributed by atoms with Crippen molar-refractivity contribution in [2.24, 2.45) is 0 Å². The van der Waals surface area contributed by atoms with Crippen molar-refractivity contribution < 1.29 is 34.4 Å². The van der Waals surface area contributed by atoms with Crippen LogP contribution in [0.5, 0.6) is 0 Å². The maximum absolute atomic E-state index is 11.0. The van der Waals surface area contributed by atoms with Crippen LogP contribution in [0, 0.1) is 0 Å². The molecule has 0 radical (unpaired) electrons. The molecule has 0 aromatic rings. The number of hydrogen-bond acceptors (Lipinski definition) is 5. The Morgan fingerprint density at radius 2 is 1.71 bits per heavy atom. The molecule has 21 heavy (non-hydrogen) atoms. The zero-order chi connectivity index (χ0) is 16.8. The Morgan fingerprint density at radius 3 is 2.05 bits per heavy atom. The Hall–Kier alpha value is -2.41. The predicted octanol–water partition coefficient (Wildman–Crippen LogP) is 1.15. The van der Waals surface area contributed by atoms with Crippen molar-refractivity contribution in [3.8, 4) is 0 Å². The molecule has 0 spiro atoms. The van der Waals surface area contributed by atoms with Crippen LogP contribution in [-0.4, -0.2) is 46.4 Å². The molecule has 0 rings (SSSR count). The van der Waals surface area contributed by atoms with E-state index in [1.807, 2.05) is 0 Å². The monoisotopic (exact) mass is 300 g/mol. The molecule has 0 fully saturated rings. The molecule has 0 heterocycles. The molecule has 3 N–H and O–H groups in total. The number of carbonyl (C=O) groups is 3. The number of carbonyl (C=O) groups excluding carboxylic acids is 1. The SMILES string of the molecule is C=C(CC)C(=O)O.C=C(CC=CC(=O)O)C(=O)OCCO. The van der Waals surface area contributed by atoms with Gasteiger partial charge >= 0.3 is 17.9 Å². The largest absolute Gasteiger partial charge is 0.478 e. The first kappa shape index (κ1) is 20.9. The highest BCUT2D eigenvalue weighted by Crippen LogP contribution is 2.01. The maximum atomic E-state index is 11.0. The molecule has 0 bridgehead atoms. The fourth-order valence-corrected chi connectivity index (χ4v) is 0.777. The maximum Gasteiger partial charge on any atom is 0.333 e. The summed E-state index contributed by atoms with van der Waals surface area (Å²) in [5, 5.41) is 24.7. The minimum atomic E-state index is -1.08. The Labute approximate surface area is 122 Å². The van der Waals surface area contributed by atoms with E-state index in [0.29, 0.717) is 6.42 Å². The van der Waals surface area contributed by atoms with Gasteiger partial charge in [0.15, 0.2) is 0 Å². The zero-order valence-electron chi connectivity index (χ0n) is 11.9. The number of allylic oxidation sites excluding steroid dienone is 1. The highest BCUT2D eigenvalue weighted by molar-refractivity contribution is 5.88. The number of esters is 1. The molecule has 0 aliphatic carbocycles. The molecule has 0 atom stereocenters. The molecule has 7 nitrogen and oxygen atoms in total. The van der Waals surface area contributed by atoms with Crippen LogP contribution in [0.1, 0.15) is 19.8 Å². The first-order chi connectivity index (χ1) is 9.76. The molecule has 0 aromatic carbocycles. The highest BCUT2D eigenvalue weighted by Gasteiger charge is 2.05. The third-order valence-corrected chi connectivity index (χ3v) is 1.97. The van der Waals surface area contributed by atoms with Gasteiger partial charge < -0.3 is 20.1 Å². The van der Waals surface area contributed by atoms with Gasteiger partial charge in [-0.3, -0.25) is 0 Å². The lowest BCUT2D eigenvalue weighted by Crippen LogP contribution is -2.09. The number of carboxylic acid groups (broad SMARTS) is 2. The number of rotatable bonds is 8. The minimum Gasteiger partial charge on any atom is -0.478 e. The van der Waals surface area contributed by atoms with Crippen LogP contribution < -0.4 is 0 Å². The summed E-state index contributed by atoms with van der Waals surface area (Å²) in [5.74, 6) is -2.61. The van der Waals surface area contributed by atoms with Crippen molar-refractivity contribution in [2.75, 3.05) is 13.2 Å². The van der Waals surface area contributed by atoms with E-state index in [0.717, 1.165) is 6.08 Å². The van der Waals surface area contributed by atoms with Crippen molar-refractivity contribution >= 4 is 17.9 Å². The summed E-state index contributed by atoms with van der Waals surface area (Å²) in [4.78, 5) is 30.9. The lowest BCUT2D eigenvalue weighted by molar-refractivity contribution is -0.140. The third kappa shape index (κ3) is 13.8. The van der Waals surface area contributed by atoms with Crippen LogP contribution in [0.3, 0.4) is 0 Å². The summed E-state index contributed by atoms with van der Waals surface area (Å²) < 4.78 is 4.54. The molecule has 0 aliphatic rings. The molecule has 0 unspecified atom stereocenters. The third-order valence-electron chi connectivity index (χ3n) is 1.97. The lowest BCUT2D eigenvalue weighted by atomic mass is 10.2. The van der Waals surface area contributed by atoms with Gasteiger partial charge in [-0.25, -0.2) is 14.4 Å². The second-order valence-corrected chi connectivity index (χ2v) is 3.67. The molecular formula is C14H20O7. The van der Waals surface area contributed by atoms with E-state index in [4.69, 9.17) is 15.3 Å². The average Bonchev–Trinajstić information content (AvgIpc) is 2.43. The topological polar surface area (TPSA) is 121 Å². The van der Waals surface area contributed by atoms with Crippen molar-refractivity contribution in [3.63, 3.8) is 0 Å². The van der Waals surface area contributed by atoms with E-state index in [2.05, 4.69) is 17.9 Å². The first-order valence-corrected chi connectivity index (χ1v) is 6.02. The summed E-state index contributed by atoms with van der Waals surface area (Å²) in [6, 6.07) is 0. The summed E-state index contributed by atoms with van der Waals surface area (Å²) >= 11 is 0. The van der Waals surface area contributed by atoms with E-state index in [9.17, 15) is 14.4 Å². The van der Waals surface area contributed by atoms with E-state index < -0.39 is 17.9 Å². The normalized spacial score (nSPS) is 9.43. The van der Waals surface area contributed by atoms with Crippen LogP contribution in [0.15, 0.2) is 36.5 Å². The quantitative estimate of drug-likeness (QED) is 0.454. The highest BCUT2D eigenvalue weighted by atomic mass is 16.5. The van der Waals surface area contributed by atoms with Crippen molar-refractivity contribution in [2.45, 2.75) is 19.8 Å². The Kier molecular flexibility index (Phi) is 12.6. The summed E-state index contributed by atoms with van der Waals surface area (Å²) in [7, 11) is 0. The smallest absolute Gasteiger partial charge is 0.333 e. The molecule has 0 saturated carbocycles. The van der Waals surface area contributed by atoms with Crippen molar-refractivity contribution in [1.82, 2.24) is 0 Å². The minimum absolute atomic E-state index is 0.0828. The van der Waals surface area contributed by atoms with Gasteiger partial charge in [0.25, 0.3) is 0 Å². The average molecular weight is 300 g/mol. The van der Waals surface area contributed by atoms with Crippen LogP contribution >= 0.6 is 0 Å². The number of aliphatic hydroxyl groups is 1. The fraction of sp³-hybridized carbons (Fsp3) is 0.357. The molecular weight excluding hydrogens is 280 g/mol. The first-order valence-electron chi connectivity index (χ1n) is 6.02. The molecule has 0 aromatic heterocycles. The molecule has 0 aliphatic heterocycles. The second kappa shape index (κ2) is 12.6. The lowest BCUT2D eigenvalue weighted by Gasteiger charge is -2.02. The van der Waals surface area contributed by atoms with Crippen LogP contribution in [0.2, 0.25) is 0 Å². The predicted molar refractivity (Wildman–Crippen MR) is 75.6 cm³/mol. The van der Waals surface area contributed by atoms with Gasteiger partial charge in [-0.1, -0.05) is 26.2 Å². The van der Waals surface area contributed by atoms with E-state index in [-0.39, 0.29) is 30.8 Å². The van der Waals surface area contributed by atoms with Gasteiger partial charge in [-0.05, 0) is 12.8 Å².